The number of carbonyl (C=O) groups is 1. The van der Waals surface area contributed by atoms with E-state index in [1.807, 2.05) is 24.0 Å². The van der Waals surface area contributed by atoms with E-state index >= 15 is 0 Å². The molecule has 0 unspecified atom stereocenters. The fraction of sp³-hybridized carbons (Fsp3) is 0.529. The lowest BCUT2D eigenvalue weighted by Gasteiger charge is -2.43. The van der Waals surface area contributed by atoms with Crippen LogP contribution < -0.4 is 0 Å². The van der Waals surface area contributed by atoms with Crippen LogP contribution in [0.5, 0.6) is 0 Å². The Morgan fingerprint density at radius 2 is 2.26 bits per heavy atom. The van der Waals surface area contributed by atoms with Crippen molar-refractivity contribution in [2.24, 2.45) is 0 Å². The van der Waals surface area contributed by atoms with Crippen LogP contribution in [0.2, 0.25) is 0 Å². The molecule has 1 saturated carbocycles. The Labute approximate surface area is 139 Å². The lowest BCUT2D eigenvalue weighted by molar-refractivity contribution is -0.0754. The summed E-state index contributed by atoms with van der Waals surface area (Å²) in [4.78, 5) is 20.5. The maximum Gasteiger partial charge on any atom is 0.274 e. The van der Waals surface area contributed by atoms with Crippen LogP contribution in [-0.4, -0.2) is 41.1 Å². The summed E-state index contributed by atoms with van der Waals surface area (Å²) < 4.78 is 11.3. The summed E-state index contributed by atoms with van der Waals surface area (Å²) >= 11 is 1.51. The maximum absolute atomic E-state index is 13.0. The zero-order valence-electron chi connectivity index (χ0n) is 13.2. The minimum atomic E-state index is 0.0387. The minimum absolute atomic E-state index is 0.0387. The molecule has 1 aliphatic carbocycles. The summed E-state index contributed by atoms with van der Waals surface area (Å²) in [6, 6.07) is 3.92. The Morgan fingerprint density at radius 3 is 3.09 bits per heavy atom. The van der Waals surface area contributed by atoms with E-state index in [-0.39, 0.29) is 18.1 Å². The largest absolute Gasteiger partial charge is 0.462 e. The SMILES string of the molecule is Cc1sc(-c2ccco2)nc1C(=O)N1CCO[C@H]2CCCC[C@H]21. The van der Waals surface area contributed by atoms with Gasteiger partial charge in [0.2, 0.25) is 0 Å². The fourth-order valence-corrected chi connectivity index (χ4v) is 4.46. The van der Waals surface area contributed by atoms with Gasteiger partial charge < -0.3 is 14.1 Å². The van der Waals surface area contributed by atoms with E-state index in [1.165, 1.54) is 24.2 Å². The Morgan fingerprint density at radius 1 is 1.39 bits per heavy atom. The summed E-state index contributed by atoms with van der Waals surface area (Å²) in [5, 5.41) is 0.768. The molecule has 2 atom stereocenters. The number of nitrogens with zero attached hydrogens (tertiary/aromatic N) is 2. The molecular weight excluding hydrogens is 312 g/mol. The number of hydrogen-bond acceptors (Lipinski definition) is 5. The lowest BCUT2D eigenvalue weighted by Crippen LogP contribution is -2.55. The van der Waals surface area contributed by atoms with Crippen molar-refractivity contribution in [3.8, 4) is 10.8 Å². The van der Waals surface area contributed by atoms with Crippen molar-refractivity contribution in [2.45, 2.75) is 44.8 Å². The first-order valence-electron chi connectivity index (χ1n) is 8.18. The van der Waals surface area contributed by atoms with E-state index in [4.69, 9.17) is 9.15 Å². The quantitative estimate of drug-likeness (QED) is 0.845. The molecule has 2 fully saturated rings. The van der Waals surface area contributed by atoms with Crippen LogP contribution in [0.3, 0.4) is 0 Å². The van der Waals surface area contributed by atoms with Crippen LogP contribution in [0.15, 0.2) is 22.8 Å². The van der Waals surface area contributed by atoms with Crippen LogP contribution in [-0.2, 0) is 4.74 Å². The van der Waals surface area contributed by atoms with Gasteiger partial charge in [-0.15, -0.1) is 11.3 Å². The zero-order valence-corrected chi connectivity index (χ0v) is 14.0. The number of furan rings is 1. The topological polar surface area (TPSA) is 55.6 Å². The second-order valence-corrected chi connectivity index (χ2v) is 7.36. The molecule has 1 amide bonds. The third-order valence-corrected chi connectivity index (χ3v) is 5.71. The molecule has 6 heteroatoms. The number of morpholine rings is 1. The number of aryl methyl sites for hydroxylation is 1. The zero-order chi connectivity index (χ0) is 15.8. The number of amides is 1. The highest BCUT2D eigenvalue weighted by Gasteiger charge is 2.38. The predicted octanol–water partition coefficient (Wildman–Crippen LogP) is 3.50. The molecule has 0 radical (unpaired) electrons. The van der Waals surface area contributed by atoms with Crippen LogP contribution in [0.1, 0.15) is 41.0 Å². The molecule has 3 heterocycles. The Hall–Kier alpha value is -1.66. The number of ether oxygens (including phenoxy) is 1. The fourth-order valence-electron chi connectivity index (χ4n) is 3.59. The van der Waals surface area contributed by atoms with E-state index in [9.17, 15) is 4.79 Å². The van der Waals surface area contributed by atoms with Gasteiger partial charge in [-0.2, -0.15) is 0 Å². The van der Waals surface area contributed by atoms with Crippen molar-refractivity contribution in [2.75, 3.05) is 13.2 Å². The van der Waals surface area contributed by atoms with E-state index in [0.717, 1.165) is 28.5 Å². The minimum Gasteiger partial charge on any atom is -0.462 e. The van der Waals surface area contributed by atoms with Crippen LogP contribution in [0.25, 0.3) is 10.8 Å². The van der Waals surface area contributed by atoms with Gasteiger partial charge in [0.15, 0.2) is 10.8 Å². The molecule has 122 valence electrons. The molecular formula is C17H20N2O3S. The Balaban J connectivity index is 1.61. The molecule has 0 bridgehead atoms. The third kappa shape index (κ3) is 2.70. The molecule has 2 aliphatic rings. The van der Waals surface area contributed by atoms with Gasteiger partial charge in [0.1, 0.15) is 5.69 Å². The van der Waals surface area contributed by atoms with Crippen molar-refractivity contribution in [3.05, 3.63) is 29.0 Å². The van der Waals surface area contributed by atoms with Gasteiger partial charge in [0.25, 0.3) is 5.91 Å². The number of thiazole rings is 1. The molecule has 4 rings (SSSR count). The highest BCUT2D eigenvalue weighted by atomic mass is 32.1. The van der Waals surface area contributed by atoms with E-state index < -0.39 is 0 Å². The van der Waals surface area contributed by atoms with Gasteiger partial charge in [-0.25, -0.2) is 4.98 Å². The predicted molar refractivity (Wildman–Crippen MR) is 87.6 cm³/mol. The Kier molecular flexibility index (Phi) is 3.95. The second-order valence-electron chi connectivity index (χ2n) is 6.16. The number of aromatic nitrogens is 1. The summed E-state index contributed by atoms with van der Waals surface area (Å²) in [5.74, 6) is 0.756. The average Bonchev–Trinajstić information content (AvgIpc) is 3.23. The average molecular weight is 332 g/mol. The maximum atomic E-state index is 13.0. The summed E-state index contributed by atoms with van der Waals surface area (Å²) in [7, 11) is 0. The normalized spacial score (nSPS) is 24.5. The Bertz CT molecular complexity index is 693. The van der Waals surface area contributed by atoms with Crippen LogP contribution >= 0.6 is 11.3 Å². The highest BCUT2D eigenvalue weighted by Crippen LogP contribution is 2.32. The standard InChI is InChI=1S/C17H20N2O3S/c1-11-15(18-16(23-11)14-7-4-9-21-14)17(20)19-8-10-22-13-6-3-2-5-12(13)19/h4,7,9,12-13H,2-3,5-6,8,10H2,1H3/t12-,13+/m1/s1. The van der Waals surface area contributed by atoms with Gasteiger partial charge >= 0.3 is 0 Å². The molecule has 1 saturated heterocycles. The highest BCUT2D eigenvalue weighted by molar-refractivity contribution is 7.15. The van der Waals surface area contributed by atoms with E-state index in [2.05, 4.69) is 4.98 Å². The van der Waals surface area contributed by atoms with Gasteiger partial charge in [-0.3, -0.25) is 4.79 Å². The number of carbonyl (C=O) groups excluding carboxylic acids is 1. The van der Waals surface area contributed by atoms with E-state index in [0.29, 0.717) is 18.8 Å². The molecule has 0 spiro atoms. The number of rotatable bonds is 2. The second kappa shape index (κ2) is 6.09. The first kappa shape index (κ1) is 14.9. The molecule has 0 aromatic carbocycles. The van der Waals surface area contributed by atoms with E-state index in [1.54, 1.807) is 6.26 Å². The summed E-state index contributed by atoms with van der Waals surface area (Å²) in [6.45, 7) is 3.24. The van der Waals surface area contributed by atoms with Gasteiger partial charge in [-0.05, 0) is 31.9 Å². The van der Waals surface area contributed by atoms with Crippen molar-refractivity contribution in [1.29, 1.82) is 0 Å². The van der Waals surface area contributed by atoms with Gasteiger partial charge in [0.05, 0.1) is 25.0 Å². The summed E-state index contributed by atoms with van der Waals surface area (Å²) in [6.07, 6.45) is 6.28. The molecule has 23 heavy (non-hydrogen) atoms. The molecule has 2 aromatic rings. The third-order valence-electron chi connectivity index (χ3n) is 4.72. The number of hydrogen-bond donors (Lipinski definition) is 0. The van der Waals surface area contributed by atoms with Crippen molar-refractivity contribution in [1.82, 2.24) is 9.88 Å². The molecule has 5 nitrogen and oxygen atoms in total. The smallest absolute Gasteiger partial charge is 0.274 e. The molecule has 2 aromatic heterocycles. The first-order chi connectivity index (χ1) is 11.2. The van der Waals surface area contributed by atoms with Crippen molar-refractivity contribution in [3.63, 3.8) is 0 Å². The number of fused-ring (bicyclic) bond motifs is 1. The van der Waals surface area contributed by atoms with Crippen molar-refractivity contribution < 1.29 is 13.9 Å². The van der Waals surface area contributed by atoms with Crippen LogP contribution in [0, 0.1) is 6.92 Å². The molecule has 1 aliphatic heterocycles. The summed E-state index contributed by atoms with van der Waals surface area (Å²) in [5.41, 5.74) is 0.563. The molecule has 0 N–H and O–H groups in total. The monoisotopic (exact) mass is 332 g/mol. The van der Waals surface area contributed by atoms with Crippen molar-refractivity contribution >= 4 is 17.2 Å². The van der Waals surface area contributed by atoms with Gasteiger partial charge in [0, 0.05) is 11.4 Å². The van der Waals surface area contributed by atoms with Crippen LogP contribution in [0.4, 0.5) is 0 Å². The first-order valence-corrected chi connectivity index (χ1v) is 8.99. The lowest BCUT2D eigenvalue weighted by atomic mass is 9.90. The van der Waals surface area contributed by atoms with Gasteiger partial charge in [-0.1, -0.05) is 12.8 Å².